The molecule has 1 rings (SSSR count). The molecular formula is C10H12Cl2F3NO. The summed E-state index contributed by atoms with van der Waals surface area (Å²) in [6.07, 6.45) is -5.34. The average molecular weight is 290 g/mol. The van der Waals surface area contributed by atoms with E-state index in [0.717, 1.165) is 12.1 Å². The van der Waals surface area contributed by atoms with E-state index in [4.69, 9.17) is 17.3 Å². The number of aliphatic hydroxyl groups is 1. The van der Waals surface area contributed by atoms with Gasteiger partial charge >= 0.3 is 6.18 Å². The molecule has 0 bridgehead atoms. The van der Waals surface area contributed by atoms with Crippen LogP contribution in [0.5, 0.6) is 0 Å². The second-order valence-electron chi connectivity index (χ2n) is 3.50. The predicted octanol–water partition coefficient (Wildman–Crippen LogP) is 3.16. The number of hydrogen-bond donors (Lipinski definition) is 2. The van der Waals surface area contributed by atoms with Gasteiger partial charge in [-0.2, -0.15) is 13.2 Å². The van der Waals surface area contributed by atoms with Crippen molar-refractivity contribution in [3.05, 3.63) is 34.3 Å². The summed E-state index contributed by atoms with van der Waals surface area (Å²) in [6, 6.07) is 2.45. The number of alkyl halides is 3. The molecule has 3 N–H and O–H groups in total. The van der Waals surface area contributed by atoms with Gasteiger partial charge < -0.3 is 10.8 Å². The van der Waals surface area contributed by atoms with Crippen molar-refractivity contribution < 1.29 is 18.3 Å². The second kappa shape index (κ2) is 5.91. The molecule has 0 unspecified atom stereocenters. The van der Waals surface area contributed by atoms with Gasteiger partial charge in [0.05, 0.1) is 22.7 Å². The van der Waals surface area contributed by atoms with Gasteiger partial charge in [0.2, 0.25) is 0 Å². The summed E-state index contributed by atoms with van der Waals surface area (Å²) < 4.78 is 37.1. The molecule has 0 aliphatic rings. The van der Waals surface area contributed by atoms with Crippen LogP contribution in [0.2, 0.25) is 5.02 Å². The Kier molecular flexibility index (Phi) is 5.74. The van der Waals surface area contributed by atoms with Crippen molar-refractivity contribution in [3.8, 4) is 0 Å². The number of rotatable bonds is 2. The Morgan fingerprint density at radius 1 is 1.35 bits per heavy atom. The summed E-state index contributed by atoms with van der Waals surface area (Å²) in [4.78, 5) is 0. The van der Waals surface area contributed by atoms with E-state index in [9.17, 15) is 18.3 Å². The fourth-order valence-electron chi connectivity index (χ4n) is 1.25. The third-order valence-corrected chi connectivity index (χ3v) is 2.52. The zero-order chi connectivity index (χ0) is 12.5. The van der Waals surface area contributed by atoms with Gasteiger partial charge in [-0.25, -0.2) is 0 Å². The first-order valence-corrected chi connectivity index (χ1v) is 4.91. The first-order chi connectivity index (χ1) is 7.23. The summed E-state index contributed by atoms with van der Waals surface area (Å²) in [7, 11) is 0. The van der Waals surface area contributed by atoms with Gasteiger partial charge in [0, 0.05) is 0 Å². The molecule has 2 atom stereocenters. The van der Waals surface area contributed by atoms with Crippen molar-refractivity contribution >= 4 is 24.0 Å². The largest absolute Gasteiger partial charge is 0.417 e. The van der Waals surface area contributed by atoms with E-state index in [2.05, 4.69) is 0 Å². The van der Waals surface area contributed by atoms with Crippen LogP contribution < -0.4 is 5.73 Å². The zero-order valence-electron chi connectivity index (χ0n) is 8.83. The van der Waals surface area contributed by atoms with E-state index >= 15 is 0 Å². The van der Waals surface area contributed by atoms with Crippen molar-refractivity contribution in [2.24, 2.45) is 5.73 Å². The quantitative estimate of drug-likeness (QED) is 0.878. The van der Waals surface area contributed by atoms with Gasteiger partial charge in [0.1, 0.15) is 0 Å². The van der Waals surface area contributed by atoms with E-state index < -0.39 is 28.9 Å². The van der Waals surface area contributed by atoms with Crippen molar-refractivity contribution in [1.82, 2.24) is 0 Å². The Morgan fingerprint density at radius 3 is 2.24 bits per heavy atom. The molecular weight excluding hydrogens is 278 g/mol. The highest BCUT2D eigenvalue weighted by Crippen LogP contribution is 2.35. The fraction of sp³-hybridized carbons (Fsp3) is 0.400. The van der Waals surface area contributed by atoms with E-state index in [1.807, 2.05) is 0 Å². The maximum absolute atomic E-state index is 12.4. The van der Waals surface area contributed by atoms with Crippen LogP contribution in [0.4, 0.5) is 13.2 Å². The molecule has 0 saturated heterocycles. The van der Waals surface area contributed by atoms with Gasteiger partial charge in [-0.3, -0.25) is 0 Å². The SMILES string of the molecule is C[C@H](O)[C@H](N)c1ccc(C(F)(F)F)c(Cl)c1.Cl. The Balaban J connectivity index is 0.00000256. The Labute approximate surface area is 108 Å². The Bertz CT molecular complexity index is 382. The molecule has 0 radical (unpaired) electrons. The maximum Gasteiger partial charge on any atom is 0.417 e. The van der Waals surface area contributed by atoms with Crippen molar-refractivity contribution in [3.63, 3.8) is 0 Å². The van der Waals surface area contributed by atoms with Gasteiger partial charge in [0.15, 0.2) is 0 Å². The molecule has 0 aliphatic heterocycles. The molecule has 98 valence electrons. The van der Waals surface area contributed by atoms with E-state index in [1.54, 1.807) is 0 Å². The Hall–Kier alpha value is -0.490. The van der Waals surface area contributed by atoms with Crippen LogP contribution in [0.3, 0.4) is 0 Å². The first kappa shape index (κ1) is 16.5. The highest BCUT2D eigenvalue weighted by atomic mass is 35.5. The third kappa shape index (κ3) is 4.03. The molecule has 0 saturated carbocycles. The zero-order valence-corrected chi connectivity index (χ0v) is 10.4. The minimum atomic E-state index is -4.48. The van der Waals surface area contributed by atoms with E-state index in [0.29, 0.717) is 5.56 Å². The molecule has 0 aliphatic carbocycles. The molecule has 0 fully saturated rings. The summed E-state index contributed by atoms with van der Waals surface area (Å²) >= 11 is 5.51. The van der Waals surface area contributed by atoms with E-state index in [-0.39, 0.29) is 12.4 Å². The minimum Gasteiger partial charge on any atom is -0.391 e. The minimum absolute atomic E-state index is 0. The van der Waals surface area contributed by atoms with Crippen LogP contribution in [-0.4, -0.2) is 11.2 Å². The van der Waals surface area contributed by atoms with Crippen LogP contribution in [0, 0.1) is 0 Å². The van der Waals surface area contributed by atoms with Crippen LogP contribution in [0.15, 0.2) is 18.2 Å². The van der Waals surface area contributed by atoms with Crippen molar-refractivity contribution in [1.29, 1.82) is 0 Å². The van der Waals surface area contributed by atoms with Gasteiger partial charge in [-0.15, -0.1) is 12.4 Å². The number of hydrogen-bond acceptors (Lipinski definition) is 2. The normalized spacial score (nSPS) is 15.0. The maximum atomic E-state index is 12.4. The highest BCUT2D eigenvalue weighted by Gasteiger charge is 2.33. The van der Waals surface area contributed by atoms with Gasteiger partial charge in [-0.05, 0) is 24.6 Å². The summed E-state index contributed by atoms with van der Waals surface area (Å²) in [5.74, 6) is 0. The fourth-order valence-corrected chi connectivity index (χ4v) is 1.54. The monoisotopic (exact) mass is 289 g/mol. The molecule has 0 amide bonds. The third-order valence-electron chi connectivity index (χ3n) is 2.20. The topological polar surface area (TPSA) is 46.2 Å². The van der Waals surface area contributed by atoms with Crippen LogP contribution >= 0.6 is 24.0 Å². The van der Waals surface area contributed by atoms with Crippen molar-refractivity contribution in [2.45, 2.75) is 25.2 Å². The van der Waals surface area contributed by atoms with Crippen LogP contribution in [-0.2, 0) is 6.18 Å². The molecule has 0 heterocycles. The standard InChI is InChI=1S/C10H11ClF3NO.ClH/c1-5(16)9(15)6-2-3-7(8(11)4-6)10(12,13)14;/h2-5,9,16H,15H2,1H3;1H/t5-,9-;/m0./s1. The summed E-state index contributed by atoms with van der Waals surface area (Å²) in [5, 5.41) is 8.79. The average Bonchev–Trinajstić information content (AvgIpc) is 2.14. The lowest BCUT2D eigenvalue weighted by Gasteiger charge is -2.17. The lowest BCUT2D eigenvalue weighted by Crippen LogP contribution is -2.23. The lowest BCUT2D eigenvalue weighted by atomic mass is 10.0. The van der Waals surface area contributed by atoms with E-state index in [1.165, 1.54) is 13.0 Å². The molecule has 17 heavy (non-hydrogen) atoms. The van der Waals surface area contributed by atoms with Crippen molar-refractivity contribution in [2.75, 3.05) is 0 Å². The molecule has 7 heteroatoms. The van der Waals surface area contributed by atoms with Crippen LogP contribution in [0.25, 0.3) is 0 Å². The number of nitrogens with two attached hydrogens (primary N) is 1. The summed E-state index contributed by atoms with van der Waals surface area (Å²) in [6.45, 7) is 1.45. The summed E-state index contributed by atoms with van der Waals surface area (Å²) in [5.41, 5.74) is 5.04. The molecule has 2 nitrogen and oxygen atoms in total. The number of benzene rings is 1. The number of aliphatic hydroxyl groups excluding tert-OH is 1. The molecule has 0 spiro atoms. The molecule has 1 aromatic rings. The number of halogens is 5. The van der Waals surface area contributed by atoms with Gasteiger partial charge in [0.25, 0.3) is 0 Å². The highest BCUT2D eigenvalue weighted by molar-refractivity contribution is 6.31. The first-order valence-electron chi connectivity index (χ1n) is 4.53. The lowest BCUT2D eigenvalue weighted by molar-refractivity contribution is -0.137. The molecule has 1 aromatic carbocycles. The smallest absolute Gasteiger partial charge is 0.391 e. The molecule has 0 aromatic heterocycles. The van der Waals surface area contributed by atoms with Gasteiger partial charge in [-0.1, -0.05) is 17.7 Å². The van der Waals surface area contributed by atoms with Crippen LogP contribution in [0.1, 0.15) is 24.1 Å². The Morgan fingerprint density at radius 2 is 1.88 bits per heavy atom. The predicted molar refractivity (Wildman–Crippen MR) is 62.3 cm³/mol. The second-order valence-corrected chi connectivity index (χ2v) is 3.91.